The molecule has 1 aromatic heterocycles. The van der Waals surface area contributed by atoms with Crippen LogP contribution in [0.1, 0.15) is 34.1 Å². The van der Waals surface area contributed by atoms with E-state index in [1.54, 1.807) is 10.7 Å². The summed E-state index contributed by atoms with van der Waals surface area (Å²) in [5.74, 6) is -0.122. The molecule has 6 nitrogen and oxygen atoms in total. The van der Waals surface area contributed by atoms with Crippen molar-refractivity contribution in [1.82, 2.24) is 9.78 Å². The fraction of sp³-hybridized carbons (Fsp3) is 0.273. The number of carbonyl (C=O) groups excluding carboxylic acids is 1. The second kappa shape index (κ2) is 7.48. The van der Waals surface area contributed by atoms with Gasteiger partial charge in [0, 0.05) is 11.3 Å². The molecule has 1 amide bonds. The van der Waals surface area contributed by atoms with Crippen LogP contribution >= 0.6 is 0 Å². The quantitative estimate of drug-likeness (QED) is 0.711. The first-order chi connectivity index (χ1) is 13.8. The molecule has 1 aliphatic heterocycles. The van der Waals surface area contributed by atoms with Crippen LogP contribution in [0.25, 0.3) is 11.3 Å². The lowest BCUT2D eigenvalue weighted by Gasteiger charge is -2.14. The molecule has 2 aromatic carbocycles. The zero-order chi connectivity index (χ0) is 20.6. The van der Waals surface area contributed by atoms with Crippen molar-refractivity contribution < 1.29 is 13.2 Å². The van der Waals surface area contributed by atoms with Crippen LogP contribution in [0, 0.1) is 13.8 Å². The minimum atomic E-state index is -3.08. The number of hydrogen-bond acceptors (Lipinski definition) is 4. The van der Waals surface area contributed by atoms with E-state index in [4.69, 9.17) is 0 Å². The predicted octanol–water partition coefficient (Wildman–Crippen LogP) is 3.78. The van der Waals surface area contributed by atoms with Gasteiger partial charge < -0.3 is 5.32 Å². The highest BCUT2D eigenvalue weighted by Crippen LogP contribution is 2.31. The summed E-state index contributed by atoms with van der Waals surface area (Å²) in [5.41, 5.74) is 4.93. The molecule has 7 heteroatoms. The normalized spacial score (nSPS) is 17.9. The van der Waals surface area contributed by atoms with Crippen molar-refractivity contribution in [3.63, 3.8) is 0 Å². The predicted molar refractivity (Wildman–Crippen MR) is 114 cm³/mol. The fourth-order valence-corrected chi connectivity index (χ4v) is 5.28. The fourth-order valence-electron chi connectivity index (χ4n) is 3.58. The number of rotatable bonds is 4. The first kappa shape index (κ1) is 19.4. The van der Waals surface area contributed by atoms with Gasteiger partial charge in [-0.15, -0.1) is 0 Å². The zero-order valence-electron chi connectivity index (χ0n) is 16.4. The van der Waals surface area contributed by atoms with Gasteiger partial charge in [-0.25, -0.2) is 8.42 Å². The summed E-state index contributed by atoms with van der Waals surface area (Å²) in [5, 5.41) is 7.37. The second-order valence-electron chi connectivity index (χ2n) is 7.54. The summed E-state index contributed by atoms with van der Waals surface area (Å²) in [6.07, 6.45) is 0.502. The van der Waals surface area contributed by atoms with E-state index in [2.05, 4.69) is 10.4 Å². The van der Waals surface area contributed by atoms with Gasteiger partial charge in [-0.05, 0) is 55.7 Å². The number of carbonyl (C=O) groups is 1. The van der Waals surface area contributed by atoms with E-state index >= 15 is 0 Å². The molecule has 4 rings (SSSR count). The molecule has 1 aliphatic rings. The molecule has 0 unspecified atom stereocenters. The van der Waals surface area contributed by atoms with Crippen molar-refractivity contribution in [1.29, 1.82) is 0 Å². The molecule has 2 heterocycles. The van der Waals surface area contributed by atoms with Crippen molar-refractivity contribution in [3.8, 4) is 11.3 Å². The number of aryl methyl sites for hydroxylation is 2. The highest BCUT2D eigenvalue weighted by atomic mass is 32.2. The largest absolute Gasteiger partial charge is 0.321 e. The Bertz CT molecular complexity index is 1170. The molecule has 29 heavy (non-hydrogen) atoms. The third-order valence-corrected chi connectivity index (χ3v) is 7.11. The lowest BCUT2D eigenvalue weighted by atomic mass is 10.0. The number of para-hydroxylation sites is 1. The Labute approximate surface area is 170 Å². The molecule has 0 aliphatic carbocycles. The highest BCUT2D eigenvalue weighted by Gasteiger charge is 2.32. The van der Waals surface area contributed by atoms with E-state index in [1.807, 2.05) is 62.4 Å². The van der Waals surface area contributed by atoms with Crippen molar-refractivity contribution in [2.75, 3.05) is 16.8 Å². The van der Waals surface area contributed by atoms with Crippen molar-refractivity contribution >= 4 is 21.4 Å². The van der Waals surface area contributed by atoms with Crippen molar-refractivity contribution in [2.45, 2.75) is 26.3 Å². The number of hydrogen-bond donors (Lipinski definition) is 1. The molecular weight excluding hydrogens is 386 g/mol. The van der Waals surface area contributed by atoms with Gasteiger partial charge in [-0.1, -0.05) is 30.3 Å². The number of aromatic nitrogens is 2. The first-order valence-corrected chi connectivity index (χ1v) is 11.4. The van der Waals surface area contributed by atoms with Gasteiger partial charge >= 0.3 is 0 Å². The van der Waals surface area contributed by atoms with Gasteiger partial charge in [-0.2, -0.15) is 5.10 Å². The molecule has 1 fully saturated rings. The number of anilines is 1. The molecular formula is C22H23N3O3S. The molecule has 0 bridgehead atoms. The van der Waals surface area contributed by atoms with E-state index in [9.17, 15) is 13.2 Å². The molecule has 1 N–H and O–H groups in total. The molecule has 0 saturated carbocycles. The smallest absolute Gasteiger partial charge is 0.276 e. The molecule has 150 valence electrons. The Morgan fingerprint density at radius 3 is 2.48 bits per heavy atom. The van der Waals surface area contributed by atoms with Crippen LogP contribution in [0.3, 0.4) is 0 Å². The molecule has 1 atom stereocenters. The second-order valence-corrected chi connectivity index (χ2v) is 9.76. The van der Waals surface area contributed by atoms with Gasteiger partial charge in [0.1, 0.15) is 0 Å². The number of nitrogens with one attached hydrogen (secondary N) is 1. The average Bonchev–Trinajstić information content (AvgIpc) is 3.28. The summed E-state index contributed by atoms with van der Waals surface area (Å²) in [7, 11) is -3.08. The molecule has 1 saturated heterocycles. The summed E-state index contributed by atoms with van der Waals surface area (Å²) in [6, 6.07) is 16.7. The maximum absolute atomic E-state index is 12.8. The Kier molecular flexibility index (Phi) is 5.00. The number of sulfone groups is 1. The van der Waals surface area contributed by atoms with E-state index in [0.29, 0.717) is 12.1 Å². The standard InChI is InChI=1S/C22H23N3O3S/c1-15-8-9-17(12-16(15)2)21-13-20(22(26)23-18-6-4-3-5-7-18)24-25(21)19-10-11-29(27,28)14-19/h3-9,12-13,19H,10-11,14H2,1-2H3,(H,23,26)/t19-/m1/s1. The Morgan fingerprint density at radius 1 is 1.07 bits per heavy atom. The Hall–Kier alpha value is -2.93. The Balaban J connectivity index is 1.74. The van der Waals surface area contributed by atoms with Crippen LogP contribution in [0.4, 0.5) is 5.69 Å². The third-order valence-electron chi connectivity index (χ3n) is 5.36. The Morgan fingerprint density at radius 2 is 1.83 bits per heavy atom. The van der Waals surface area contributed by atoms with Crippen LogP contribution in [-0.4, -0.2) is 35.6 Å². The third kappa shape index (κ3) is 4.10. The van der Waals surface area contributed by atoms with Crippen molar-refractivity contribution in [3.05, 3.63) is 71.4 Å². The van der Waals surface area contributed by atoms with Gasteiger partial charge in [-0.3, -0.25) is 9.48 Å². The summed E-state index contributed by atoms with van der Waals surface area (Å²) < 4.78 is 25.8. The van der Waals surface area contributed by atoms with Gasteiger partial charge in [0.15, 0.2) is 15.5 Å². The lowest BCUT2D eigenvalue weighted by Crippen LogP contribution is -2.16. The van der Waals surface area contributed by atoms with Crippen LogP contribution < -0.4 is 5.32 Å². The zero-order valence-corrected chi connectivity index (χ0v) is 17.2. The monoisotopic (exact) mass is 409 g/mol. The van der Waals surface area contributed by atoms with Crippen LogP contribution in [0.2, 0.25) is 0 Å². The van der Waals surface area contributed by atoms with E-state index in [1.165, 1.54) is 5.56 Å². The SMILES string of the molecule is Cc1ccc(-c2cc(C(=O)Nc3ccccc3)nn2[C@@H]2CCS(=O)(=O)C2)cc1C. The number of nitrogens with zero attached hydrogens (tertiary/aromatic N) is 2. The van der Waals surface area contributed by atoms with E-state index in [-0.39, 0.29) is 29.1 Å². The summed E-state index contributed by atoms with van der Waals surface area (Å²) in [6.45, 7) is 4.07. The van der Waals surface area contributed by atoms with Gasteiger partial charge in [0.25, 0.3) is 5.91 Å². The summed E-state index contributed by atoms with van der Waals surface area (Å²) in [4.78, 5) is 12.8. The van der Waals surface area contributed by atoms with Gasteiger partial charge in [0.2, 0.25) is 0 Å². The van der Waals surface area contributed by atoms with Gasteiger partial charge in [0.05, 0.1) is 23.2 Å². The molecule has 0 radical (unpaired) electrons. The van der Waals surface area contributed by atoms with Crippen LogP contribution in [0.15, 0.2) is 54.6 Å². The van der Waals surface area contributed by atoms with E-state index < -0.39 is 9.84 Å². The maximum Gasteiger partial charge on any atom is 0.276 e. The summed E-state index contributed by atoms with van der Waals surface area (Å²) >= 11 is 0. The molecule has 3 aromatic rings. The topological polar surface area (TPSA) is 81.1 Å². The van der Waals surface area contributed by atoms with Crippen LogP contribution in [-0.2, 0) is 9.84 Å². The first-order valence-electron chi connectivity index (χ1n) is 9.56. The average molecular weight is 410 g/mol. The highest BCUT2D eigenvalue weighted by molar-refractivity contribution is 7.91. The maximum atomic E-state index is 12.8. The minimum Gasteiger partial charge on any atom is -0.321 e. The number of amides is 1. The minimum absolute atomic E-state index is 0.0479. The number of benzene rings is 2. The lowest BCUT2D eigenvalue weighted by molar-refractivity contribution is 0.102. The molecule has 0 spiro atoms. The van der Waals surface area contributed by atoms with E-state index in [0.717, 1.165) is 16.8 Å². The van der Waals surface area contributed by atoms with Crippen molar-refractivity contribution in [2.24, 2.45) is 0 Å². The van der Waals surface area contributed by atoms with Crippen LogP contribution in [0.5, 0.6) is 0 Å².